The van der Waals surface area contributed by atoms with Gasteiger partial charge in [0.05, 0.1) is 6.42 Å². The van der Waals surface area contributed by atoms with Crippen molar-refractivity contribution in [3.05, 3.63) is 77.9 Å². The number of benzene rings is 3. The van der Waals surface area contributed by atoms with Gasteiger partial charge in [0.1, 0.15) is 0 Å². The van der Waals surface area contributed by atoms with E-state index in [2.05, 4.69) is 59.6 Å². The van der Waals surface area contributed by atoms with Crippen LogP contribution in [0.1, 0.15) is 30.5 Å². The standard InChI is InChI=1S/C24H26N2O2/c1-17(20-9-8-19-4-2-3-5-21(19)15-20)25-22-12-13-26(16-22)23-10-6-18(7-11-23)14-24(27)28/h2-11,15,17,22,25H,12-14,16H2,1H3,(H,27,28)/t17-,22+/m1/s1. The quantitative estimate of drug-likeness (QED) is 0.672. The Kier molecular flexibility index (Phi) is 5.31. The topological polar surface area (TPSA) is 52.6 Å². The summed E-state index contributed by atoms with van der Waals surface area (Å²) < 4.78 is 0. The summed E-state index contributed by atoms with van der Waals surface area (Å²) in [7, 11) is 0. The van der Waals surface area contributed by atoms with E-state index in [4.69, 9.17) is 5.11 Å². The molecule has 0 aliphatic carbocycles. The molecule has 4 heteroatoms. The Morgan fingerprint density at radius 2 is 1.86 bits per heavy atom. The van der Waals surface area contributed by atoms with Crippen molar-refractivity contribution in [1.29, 1.82) is 0 Å². The first-order valence-electron chi connectivity index (χ1n) is 9.89. The monoisotopic (exact) mass is 374 g/mol. The normalized spacial score (nSPS) is 17.8. The molecule has 1 aliphatic rings. The molecule has 0 radical (unpaired) electrons. The van der Waals surface area contributed by atoms with Gasteiger partial charge in [-0.05, 0) is 53.4 Å². The van der Waals surface area contributed by atoms with Gasteiger partial charge < -0.3 is 15.3 Å². The molecule has 2 atom stereocenters. The predicted molar refractivity (Wildman–Crippen MR) is 114 cm³/mol. The molecule has 0 aromatic heterocycles. The average molecular weight is 374 g/mol. The van der Waals surface area contributed by atoms with Gasteiger partial charge in [-0.2, -0.15) is 0 Å². The number of nitrogens with zero attached hydrogens (tertiary/aromatic N) is 1. The molecular formula is C24H26N2O2. The summed E-state index contributed by atoms with van der Waals surface area (Å²) in [4.78, 5) is 13.2. The van der Waals surface area contributed by atoms with Crippen LogP contribution in [0.15, 0.2) is 66.7 Å². The second-order valence-corrected chi connectivity index (χ2v) is 7.66. The molecule has 1 heterocycles. The number of carboxylic acid groups (broad SMARTS) is 1. The predicted octanol–water partition coefficient (Wildman–Crippen LogP) is 4.40. The molecule has 0 spiro atoms. The Morgan fingerprint density at radius 3 is 2.61 bits per heavy atom. The Balaban J connectivity index is 1.37. The van der Waals surface area contributed by atoms with Crippen LogP contribution in [0.25, 0.3) is 10.8 Å². The molecule has 0 bridgehead atoms. The number of carboxylic acids is 1. The van der Waals surface area contributed by atoms with Gasteiger partial charge >= 0.3 is 5.97 Å². The minimum Gasteiger partial charge on any atom is -0.481 e. The highest BCUT2D eigenvalue weighted by Gasteiger charge is 2.24. The lowest BCUT2D eigenvalue weighted by atomic mass is 10.0. The maximum atomic E-state index is 10.8. The number of anilines is 1. The number of rotatable bonds is 6. The van der Waals surface area contributed by atoms with E-state index in [1.807, 2.05) is 24.3 Å². The Morgan fingerprint density at radius 1 is 1.11 bits per heavy atom. The summed E-state index contributed by atoms with van der Waals surface area (Å²) >= 11 is 0. The van der Waals surface area contributed by atoms with Gasteiger partial charge in [-0.15, -0.1) is 0 Å². The molecule has 1 aliphatic heterocycles. The van der Waals surface area contributed by atoms with E-state index in [1.54, 1.807) is 0 Å². The zero-order valence-electron chi connectivity index (χ0n) is 16.1. The maximum absolute atomic E-state index is 10.8. The van der Waals surface area contributed by atoms with E-state index >= 15 is 0 Å². The minimum absolute atomic E-state index is 0.0771. The van der Waals surface area contributed by atoms with E-state index in [-0.39, 0.29) is 6.42 Å². The van der Waals surface area contributed by atoms with Crippen LogP contribution in [0.4, 0.5) is 5.69 Å². The number of fused-ring (bicyclic) bond motifs is 1. The maximum Gasteiger partial charge on any atom is 0.307 e. The number of aliphatic carboxylic acids is 1. The van der Waals surface area contributed by atoms with Gasteiger partial charge in [0.2, 0.25) is 0 Å². The number of hydrogen-bond donors (Lipinski definition) is 2. The van der Waals surface area contributed by atoms with E-state index in [0.29, 0.717) is 12.1 Å². The minimum atomic E-state index is -0.791. The van der Waals surface area contributed by atoms with Crippen LogP contribution < -0.4 is 10.2 Å². The van der Waals surface area contributed by atoms with E-state index in [9.17, 15) is 4.79 Å². The van der Waals surface area contributed by atoms with Crippen molar-refractivity contribution in [2.45, 2.75) is 31.8 Å². The third kappa shape index (κ3) is 4.18. The second-order valence-electron chi connectivity index (χ2n) is 7.66. The van der Waals surface area contributed by atoms with Crippen LogP contribution in [0, 0.1) is 0 Å². The van der Waals surface area contributed by atoms with Crippen molar-refractivity contribution < 1.29 is 9.90 Å². The summed E-state index contributed by atoms with van der Waals surface area (Å²) in [5.74, 6) is -0.791. The van der Waals surface area contributed by atoms with Crippen LogP contribution in [0.3, 0.4) is 0 Å². The molecule has 0 saturated carbocycles. The van der Waals surface area contributed by atoms with Crippen molar-refractivity contribution in [3.8, 4) is 0 Å². The van der Waals surface area contributed by atoms with Crippen molar-refractivity contribution in [2.24, 2.45) is 0 Å². The second kappa shape index (κ2) is 8.03. The first kappa shape index (κ1) is 18.5. The molecular weight excluding hydrogens is 348 g/mol. The molecule has 28 heavy (non-hydrogen) atoms. The fourth-order valence-electron chi connectivity index (χ4n) is 4.06. The number of hydrogen-bond acceptors (Lipinski definition) is 3. The van der Waals surface area contributed by atoms with Crippen molar-refractivity contribution >= 4 is 22.4 Å². The summed E-state index contributed by atoms with van der Waals surface area (Å²) in [6, 6.07) is 23.8. The van der Waals surface area contributed by atoms with E-state index in [0.717, 1.165) is 30.8 Å². The fourth-order valence-corrected chi connectivity index (χ4v) is 4.06. The summed E-state index contributed by atoms with van der Waals surface area (Å²) in [6.45, 7) is 4.21. The zero-order chi connectivity index (χ0) is 19.5. The Bertz CT molecular complexity index is 968. The van der Waals surface area contributed by atoms with Gasteiger partial charge in [-0.3, -0.25) is 4.79 Å². The summed E-state index contributed by atoms with van der Waals surface area (Å²) in [6.07, 6.45) is 1.18. The SMILES string of the molecule is C[C@@H](N[C@H]1CCN(c2ccc(CC(=O)O)cc2)C1)c1ccc2ccccc2c1. The highest BCUT2D eigenvalue weighted by molar-refractivity contribution is 5.83. The lowest BCUT2D eigenvalue weighted by Crippen LogP contribution is -2.34. The molecule has 2 N–H and O–H groups in total. The van der Waals surface area contributed by atoms with Crippen LogP contribution in [0.5, 0.6) is 0 Å². The van der Waals surface area contributed by atoms with Crippen LogP contribution in [-0.2, 0) is 11.2 Å². The largest absolute Gasteiger partial charge is 0.481 e. The molecule has 1 saturated heterocycles. The molecule has 0 amide bonds. The van der Waals surface area contributed by atoms with E-state index < -0.39 is 5.97 Å². The van der Waals surface area contributed by atoms with Gasteiger partial charge in [0.25, 0.3) is 0 Å². The van der Waals surface area contributed by atoms with Crippen LogP contribution in [0.2, 0.25) is 0 Å². The molecule has 4 rings (SSSR count). The molecule has 144 valence electrons. The van der Waals surface area contributed by atoms with Crippen LogP contribution in [-0.4, -0.2) is 30.2 Å². The van der Waals surface area contributed by atoms with Crippen LogP contribution >= 0.6 is 0 Å². The average Bonchev–Trinajstić information content (AvgIpc) is 3.16. The first-order valence-corrected chi connectivity index (χ1v) is 9.89. The molecule has 1 fully saturated rings. The number of carbonyl (C=O) groups is 1. The van der Waals surface area contributed by atoms with Crippen molar-refractivity contribution in [2.75, 3.05) is 18.0 Å². The lowest BCUT2D eigenvalue weighted by Gasteiger charge is -2.22. The van der Waals surface area contributed by atoms with Gasteiger partial charge in [0, 0.05) is 30.9 Å². The first-order chi connectivity index (χ1) is 13.6. The molecule has 0 unspecified atom stereocenters. The lowest BCUT2D eigenvalue weighted by molar-refractivity contribution is -0.136. The highest BCUT2D eigenvalue weighted by atomic mass is 16.4. The molecule has 3 aromatic rings. The Labute approximate surface area is 165 Å². The Hall–Kier alpha value is -2.85. The number of nitrogens with one attached hydrogen (secondary N) is 1. The van der Waals surface area contributed by atoms with Gasteiger partial charge in [-0.25, -0.2) is 0 Å². The van der Waals surface area contributed by atoms with Gasteiger partial charge in [0.15, 0.2) is 0 Å². The summed E-state index contributed by atoms with van der Waals surface area (Å²) in [5, 5.41) is 15.2. The molecule has 3 aromatic carbocycles. The zero-order valence-corrected chi connectivity index (χ0v) is 16.1. The van der Waals surface area contributed by atoms with Gasteiger partial charge in [-0.1, -0.05) is 48.5 Å². The smallest absolute Gasteiger partial charge is 0.307 e. The fraction of sp³-hybridized carbons (Fsp3) is 0.292. The van der Waals surface area contributed by atoms with E-state index in [1.165, 1.54) is 16.3 Å². The third-order valence-electron chi connectivity index (χ3n) is 5.60. The summed E-state index contributed by atoms with van der Waals surface area (Å²) in [5.41, 5.74) is 3.32. The third-order valence-corrected chi connectivity index (χ3v) is 5.60. The molecule has 4 nitrogen and oxygen atoms in total. The van der Waals surface area contributed by atoms with Crippen molar-refractivity contribution in [1.82, 2.24) is 5.32 Å². The highest BCUT2D eigenvalue weighted by Crippen LogP contribution is 2.24. The van der Waals surface area contributed by atoms with Crippen molar-refractivity contribution in [3.63, 3.8) is 0 Å².